The summed E-state index contributed by atoms with van der Waals surface area (Å²) in [4.78, 5) is 13.6. The maximum atomic E-state index is 13.7. The highest BCUT2D eigenvalue weighted by Crippen LogP contribution is 2.30. The number of nitrogens with zero attached hydrogens (tertiary/aromatic N) is 1. The fourth-order valence-corrected chi connectivity index (χ4v) is 2.09. The molecule has 1 aliphatic heterocycles. The zero-order valence-corrected chi connectivity index (χ0v) is 11.0. The fourth-order valence-electron chi connectivity index (χ4n) is 2.09. The van der Waals surface area contributed by atoms with Crippen LogP contribution in [0.1, 0.15) is 32.8 Å². The molecule has 0 bridgehead atoms. The molecule has 3 nitrogen and oxygen atoms in total. The first-order valence-electron chi connectivity index (χ1n) is 6.16. The molecule has 0 aromatic heterocycles. The van der Waals surface area contributed by atoms with Crippen molar-refractivity contribution in [3.8, 4) is 0 Å². The summed E-state index contributed by atoms with van der Waals surface area (Å²) in [5.41, 5.74) is 0.701. The van der Waals surface area contributed by atoms with Gasteiger partial charge < -0.3 is 4.74 Å². The molecule has 0 N–H and O–H groups in total. The Kier molecular flexibility index (Phi) is 3.28. The Morgan fingerprint density at radius 1 is 1.39 bits per heavy atom. The number of fused-ring (bicyclic) bond motifs is 1. The molecule has 0 atom stereocenters. The SMILES string of the molecule is CC(C)(C)OC(=O)N1CCCc2c(F)cccc21. The van der Waals surface area contributed by atoms with E-state index in [1.807, 2.05) is 20.8 Å². The number of carbonyl (C=O) groups excluding carboxylic acids is 1. The van der Waals surface area contributed by atoms with Crippen LogP contribution in [0.25, 0.3) is 0 Å². The van der Waals surface area contributed by atoms with Crippen molar-refractivity contribution in [1.82, 2.24) is 0 Å². The zero-order valence-electron chi connectivity index (χ0n) is 11.0. The lowest BCUT2D eigenvalue weighted by Crippen LogP contribution is -2.40. The van der Waals surface area contributed by atoms with Gasteiger partial charge in [0.05, 0.1) is 5.69 Å². The van der Waals surface area contributed by atoms with Crippen LogP contribution in [0.4, 0.5) is 14.9 Å². The van der Waals surface area contributed by atoms with Gasteiger partial charge in [-0.15, -0.1) is 0 Å². The van der Waals surface area contributed by atoms with Crippen molar-refractivity contribution in [1.29, 1.82) is 0 Å². The number of anilines is 1. The van der Waals surface area contributed by atoms with Gasteiger partial charge in [-0.1, -0.05) is 6.07 Å². The van der Waals surface area contributed by atoms with Crippen molar-refractivity contribution in [3.63, 3.8) is 0 Å². The predicted molar refractivity (Wildman–Crippen MR) is 68.3 cm³/mol. The molecule has 0 saturated heterocycles. The maximum Gasteiger partial charge on any atom is 0.414 e. The molecule has 0 fully saturated rings. The third kappa shape index (κ3) is 2.63. The molecule has 0 spiro atoms. The minimum atomic E-state index is -0.540. The van der Waals surface area contributed by atoms with Gasteiger partial charge in [-0.05, 0) is 45.7 Å². The molecular formula is C14H18FNO2. The lowest BCUT2D eigenvalue weighted by atomic mass is 10.0. The number of halogens is 1. The van der Waals surface area contributed by atoms with E-state index in [-0.39, 0.29) is 5.82 Å². The minimum absolute atomic E-state index is 0.249. The topological polar surface area (TPSA) is 29.5 Å². The monoisotopic (exact) mass is 251 g/mol. The van der Waals surface area contributed by atoms with Gasteiger partial charge in [-0.25, -0.2) is 9.18 Å². The second-order valence-electron chi connectivity index (χ2n) is 5.47. The molecule has 1 amide bonds. The van der Waals surface area contributed by atoms with Crippen LogP contribution < -0.4 is 4.90 Å². The Morgan fingerprint density at radius 3 is 2.78 bits per heavy atom. The lowest BCUT2D eigenvalue weighted by Gasteiger charge is -2.31. The largest absolute Gasteiger partial charge is 0.443 e. The summed E-state index contributed by atoms with van der Waals surface area (Å²) in [5, 5.41) is 0. The van der Waals surface area contributed by atoms with E-state index in [2.05, 4.69) is 0 Å². The van der Waals surface area contributed by atoms with E-state index in [1.165, 1.54) is 11.0 Å². The highest BCUT2D eigenvalue weighted by Gasteiger charge is 2.28. The second kappa shape index (κ2) is 4.59. The van der Waals surface area contributed by atoms with Gasteiger partial charge in [0.2, 0.25) is 0 Å². The Morgan fingerprint density at radius 2 is 2.11 bits per heavy atom. The van der Waals surface area contributed by atoms with Gasteiger partial charge in [0.15, 0.2) is 0 Å². The Bertz CT molecular complexity index is 465. The molecule has 0 aliphatic carbocycles. The summed E-state index contributed by atoms with van der Waals surface area (Å²) in [5.74, 6) is -0.249. The first-order valence-corrected chi connectivity index (χ1v) is 6.16. The van der Waals surface area contributed by atoms with Crippen LogP contribution >= 0.6 is 0 Å². The summed E-state index contributed by atoms with van der Waals surface area (Å²) in [7, 11) is 0. The van der Waals surface area contributed by atoms with Crippen molar-refractivity contribution in [3.05, 3.63) is 29.6 Å². The lowest BCUT2D eigenvalue weighted by molar-refractivity contribution is 0.0577. The summed E-state index contributed by atoms with van der Waals surface area (Å²) in [6, 6.07) is 4.82. The van der Waals surface area contributed by atoms with E-state index in [0.717, 1.165) is 6.42 Å². The summed E-state index contributed by atoms with van der Waals surface area (Å²) in [6.45, 7) is 6.04. The van der Waals surface area contributed by atoms with Crippen LogP contribution in [0, 0.1) is 5.82 Å². The van der Waals surface area contributed by atoms with Crippen LogP contribution in [0.2, 0.25) is 0 Å². The van der Waals surface area contributed by atoms with Crippen molar-refractivity contribution in [2.24, 2.45) is 0 Å². The van der Waals surface area contributed by atoms with Crippen molar-refractivity contribution < 1.29 is 13.9 Å². The van der Waals surface area contributed by atoms with Crippen molar-refractivity contribution in [2.45, 2.75) is 39.2 Å². The number of hydrogen-bond acceptors (Lipinski definition) is 2. The van der Waals surface area contributed by atoms with Gasteiger partial charge in [0.1, 0.15) is 11.4 Å². The zero-order chi connectivity index (χ0) is 13.3. The number of benzene rings is 1. The van der Waals surface area contributed by atoms with Crippen LogP contribution in [-0.4, -0.2) is 18.2 Å². The average Bonchev–Trinajstić information content (AvgIpc) is 2.26. The molecular weight excluding hydrogens is 233 g/mol. The molecule has 98 valence electrons. The molecule has 0 unspecified atom stereocenters. The van der Waals surface area contributed by atoms with E-state index in [0.29, 0.717) is 24.2 Å². The Labute approximate surface area is 107 Å². The predicted octanol–water partition coefficient (Wildman–Crippen LogP) is 3.51. The van der Waals surface area contributed by atoms with Gasteiger partial charge in [-0.3, -0.25) is 4.90 Å². The first-order chi connectivity index (χ1) is 8.38. The smallest absolute Gasteiger partial charge is 0.414 e. The molecule has 0 radical (unpaired) electrons. The number of amides is 1. The van der Waals surface area contributed by atoms with E-state index in [4.69, 9.17) is 4.74 Å². The van der Waals surface area contributed by atoms with Crippen LogP contribution in [0.15, 0.2) is 18.2 Å². The molecule has 0 saturated carbocycles. The second-order valence-corrected chi connectivity index (χ2v) is 5.47. The first kappa shape index (κ1) is 12.9. The third-order valence-corrected chi connectivity index (χ3v) is 2.81. The van der Waals surface area contributed by atoms with Gasteiger partial charge >= 0.3 is 6.09 Å². The standard InChI is InChI=1S/C14H18FNO2/c1-14(2,3)18-13(17)16-9-5-6-10-11(15)7-4-8-12(10)16/h4,7-8H,5-6,9H2,1-3H3. The van der Waals surface area contributed by atoms with Crippen molar-refractivity contribution >= 4 is 11.8 Å². The van der Waals surface area contributed by atoms with Crippen LogP contribution in [0.5, 0.6) is 0 Å². The molecule has 1 aromatic carbocycles. The summed E-state index contributed by atoms with van der Waals surface area (Å²) < 4.78 is 19.0. The highest BCUT2D eigenvalue weighted by atomic mass is 19.1. The van der Waals surface area contributed by atoms with Gasteiger partial charge in [0.25, 0.3) is 0 Å². The van der Waals surface area contributed by atoms with Gasteiger partial charge in [0, 0.05) is 12.1 Å². The number of ether oxygens (including phenoxy) is 1. The highest BCUT2D eigenvalue weighted by molar-refractivity contribution is 5.89. The van der Waals surface area contributed by atoms with Crippen LogP contribution in [-0.2, 0) is 11.2 Å². The Balaban J connectivity index is 2.28. The number of hydrogen-bond donors (Lipinski definition) is 0. The number of rotatable bonds is 0. The summed E-state index contributed by atoms with van der Waals surface area (Å²) in [6.07, 6.45) is 1.02. The molecule has 18 heavy (non-hydrogen) atoms. The average molecular weight is 251 g/mol. The van der Waals surface area contributed by atoms with Gasteiger partial charge in [-0.2, -0.15) is 0 Å². The molecule has 4 heteroatoms. The van der Waals surface area contributed by atoms with E-state index in [9.17, 15) is 9.18 Å². The Hall–Kier alpha value is -1.58. The minimum Gasteiger partial charge on any atom is -0.443 e. The molecule has 1 aliphatic rings. The van der Waals surface area contributed by atoms with Crippen LogP contribution in [0.3, 0.4) is 0 Å². The molecule has 1 aromatic rings. The van der Waals surface area contributed by atoms with E-state index < -0.39 is 11.7 Å². The number of carbonyl (C=O) groups is 1. The molecule has 2 rings (SSSR count). The third-order valence-electron chi connectivity index (χ3n) is 2.81. The quantitative estimate of drug-likeness (QED) is 0.706. The summed E-state index contributed by atoms with van der Waals surface area (Å²) >= 11 is 0. The maximum absolute atomic E-state index is 13.7. The van der Waals surface area contributed by atoms with E-state index in [1.54, 1.807) is 12.1 Å². The normalized spacial score (nSPS) is 15.2. The fraction of sp³-hybridized carbons (Fsp3) is 0.500. The molecule has 1 heterocycles. The van der Waals surface area contributed by atoms with Crippen molar-refractivity contribution in [2.75, 3.05) is 11.4 Å². The van der Waals surface area contributed by atoms with E-state index >= 15 is 0 Å².